The van der Waals surface area contributed by atoms with Gasteiger partial charge in [0.2, 0.25) is 0 Å². The molecule has 0 radical (unpaired) electrons. The quantitative estimate of drug-likeness (QED) is 0.461. The number of aromatic nitrogens is 5. The molecule has 0 aromatic carbocycles. The molecule has 3 rings (SSSR count). The van der Waals surface area contributed by atoms with Crippen molar-refractivity contribution in [3.63, 3.8) is 0 Å². The van der Waals surface area contributed by atoms with Gasteiger partial charge >= 0.3 is 0 Å². The highest BCUT2D eigenvalue weighted by atomic mass is 35.5. The maximum Gasteiger partial charge on any atom is 0.280 e. The van der Waals surface area contributed by atoms with Crippen LogP contribution in [0.4, 0.5) is 14.6 Å². The summed E-state index contributed by atoms with van der Waals surface area (Å²) in [6, 6.07) is 1.44. The van der Waals surface area contributed by atoms with E-state index in [1.54, 1.807) is 18.1 Å². The summed E-state index contributed by atoms with van der Waals surface area (Å²) in [5, 5.41) is 8.90. The minimum absolute atomic E-state index is 0. The lowest BCUT2D eigenvalue weighted by molar-refractivity contribution is 0.145. The van der Waals surface area contributed by atoms with E-state index in [4.69, 9.17) is 0 Å². The van der Waals surface area contributed by atoms with E-state index in [9.17, 15) is 8.78 Å². The third-order valence-corrected chi connectivity index (χ3v) is 5.96. The summed E-state index contributed by atoms with van der Waals surface area (Å²) in [6.45, 7) is 10.2. The van der Waals surface area contributed by atoms with Crippen molar-refractivity contribution in [2.24, 2.45) is 7.05 Å². The number of hydrogen-bond donors (Lipinski definition) is 0. The first-order chi connectivity index (χ1) is 13.7. The van der Waals surface area contributed by atoms with Gasteiger partial charge in [0.05, 0.1) is 0 Å². The lowest BCUT2D eigenvalue weighted by atomic mass is 9.95. The van der Waals surface area contributed by atoms with Crippen LogP contribution < -0.4 is 4.90 Å². The topological polar surface area (TPSA) is 63.0 Å². The van der Waals surface area contributed by atoms with Gasteiger partial charge in [-0.05, 0) is 13.0 Å². The molecule has 30 heavy (non-hydrogen) atoms. The number of halogens is 3. The predicted octanol–water partition coefficient (Wildman–Crippen LogP) is 3.57. The summed E-state index contributed by atoms with van der Waals surface area (Å²) in [5.74, 6) is 2.07. The van der Waals surface area contributed by atoms with Gasteiger partial charge in [0.1, 0.15) is 23.7 Å². The van der Waals surface area contributed by atoms with Crippen LogP contribution in [0.1, 0.15) is 45.1 Å². The second kappa shape index (κ2) is 10.7. The standard InChI is InChI=1S/C19H29F2N7S.ClH/c1-19(2,3)17-23-14(16(20)21)12-15(24-17)28-9-7-27(8-10-28)6-5-11-29-18-25-22-13-26(18)4;/h12-13,16H,5-11H2,1-4H3;1H. The summed E-state index contributed by atoms with van der Waals surface area (Å²) < 4.78 is 28.6. The first kappa shape index (κ1) is 24.7. The molecule has 2 aromatic rings. The molecule has 1 aliphatic rings. The van der Waals surface area contributed by atoms with Crippen LogP contribution in [-0.4, -0.2) is 68.1 Å². The van der Waals surface area contributed by atoms with E-state index in [1.807, 2.05) is 32.4 Å². The van der Waals surface area contributed by atoms with E-state index in [0.29, 0.717) is 11.6 Å². The van der Waals surface area contributed by atoms with Gasteiger partial charge in [-0.3, -0.25) is 4.90 Å². The van der Waals surface area contributed by atoms with Crippen LogP contribution in [0.25, 0.3) is 0 Å². The molecular formula is C19H30ClF2N7S. The zero-order valence-corrected chi connectivity index (χ0v) is 19.5. The van der Waals surface area contributed by atoms with E-state index >= 15 is 0 Å². The molecule has 0 N–H and O–H groups in total. The van der Waals surface area contributed by atoms with Crippen LogP contribution in [0.2, 0.25) is 0 Å². The fraction of sp³-hybridized carbons (Fsp3) is 0.684. The largest absolute Gasteiger partial charge is 0.354 e. The Kier molecular flexibility index (Phi) is 8.81. The number of nitrogens with zero attached hydrogens (tertiary/aromatic N) is 7. The Morgan fingerprint density at radius 3 is 2.40 bits per heavy atom. The lowest BCUT2D eigenvalue weighted by Crippen LogP contribution is -2.47. The molecule has 11 heteroatoms. The van der Waals surface area contributed by atoms with Gasteiger partial charge in [0, 0.05) is 50.5 Å². The van der Waals surface area contributed by atoms with Crippen molar-refractivity contribution in [3.8, 4) is 0 Å². The van der Waals surface area contributed by atoms with Gasteiger partial charge in [0.25, 0.3) is 6.43 Å². The van der Waals surface area contributed by atoms with Gasteiger partial charge in [-0.15, -0.1) is 22.6 Å². The number of alkyl halides is 2. The Morgan fingerprint density at radius 2 is 1.83 bits per heavy atom. The van der Waals surface area contributed by atoms with E-state index in [2.05, 4.69) is 30.0 Å². The van der Waals surface area contributed by atoms with Crippen LogP contribution in [0.15, 0.2) is 17.6 Å². The zero-order chi connectivity index (χ0) is 21.0. The highest BCUT2D eigenvalue weighted by Crippen LogP contribution is 2.27. The molecule has 0 atom stereocenters. The predicted molar refractivity (Wildman–Crippen MR) is 118 cm³/mol. The normalized spacial score (nSPS) is 15.5. The average Bonchev–Trinajstić information content (AvgIpc) is 3.09. The van der Waals surface area contributed by atoms with Crippen LogP contribution in [0, 0.1) is 0 Å². The number of hydrogen-bond acceptors (Lipinski definition) is 7. The fourth-order valence-electron chi connectivity index (χ4n) is 3.12. The Labute approximate surface area is 187 Å². The van der Waals surface area contributed by atoms with Crippen molar-refractivity contribution in [1.29, 1.82) is 0 Å². The van der Waals surface area contributed by atoms with Gasteiger partial charge in [-0.25, -0.2) is 18.7 Å². The van der Waals surface area contributed by atoms with E-state index in [-0.39, 0.29) is 23.5 Å². The zero-order valence-electron chi connectivity index (χ0n) is 17.9. The van der Waals surface area contributed by atoms with E-state index in [0.717, 1.165) is 50.1 Å². The van der Waals surface area contributed by atoms with Crippen LogP contribution in [-0.2, 0) is 12.5 Å². The molecule has 1 fully saturated rings. The SMILES string of the molecule is Cl.Cn1cnnc1SCCCN1CCN(c2cc(C(F)F)nc(C(C)(C)C)n2)CC1. The molecule has 0 spiro atoms. The molecular weight excluding hydrogens is 432 g/mol. The van der Waals surface area contributed by atoms with Crippen LogP contribution in [0.3, 0.4) is 0 Å². The van der Waals surface area contributed by atoms with Crippen molar-refractivity contribution in [2.45, 2.75) is 44.2 Å². The van der Waals surface area contributed by atoms with Crippen molar-refractivity contribution in [2.75, 3.05) is 43.4 Å². The number of thioether (sulfide) groups is 1. The number of rotatable bonds is 7. The van der Waals surface area contributed by atoms with Crippen LogP contribution >= 0.6 is 24.2 Å². The van der Waals surface area contributed by atoms with Gasteiger partial charge in [-0.1, -0.05) is 32.5 Å². The maximum absolute atomic E-state index is 13.3. The number of anilines is 1. The van der Waals surface area contributed by atoms with Gasteiger partial charge in [0.15, 0.2) is 5.16 Å². The molecule has 0 unspecified atom stereocenters. The second-order valence-electron chi connectivity index (χ2n) is 8.28. The van der Waals surface area contributed by atoms with Crippen molar-refractivity contribution >= 4 is 30.0 Å². The molecule has 0 aliphatic carbocycles. The molecule has 0 bridgehead atoms. The van der Waals surface area contributed by atoms with E-state index in [1.165, 1.54) is 6.07 Å². The minimum Gasteiger partial charge on any atom is -0.354 e. The summed E-state index contributed by atoms with van der Waals surface area (Å²) in [5.41, 5.74) is -0.565. The maximum atomic E-state index is 13.3. The van der Waals surface area contributed by atoms with Crippen molar-refractivity contribution in [1.82, 2.24) is 29.6 Å². The molecule has 1 aliphatic heterocycles. The molecule has 0 amide bonds. The first-order valence-electron chi connectivity index (χ1n) is 9.86. The minimum atomic E-state index is -2.59. The highest BCUT2D eigenvalue weighted by Gasteiger charge is 2.25. The Bertz CT molecular complexity index is 804. The Hall–Kier alpha value is -1.52. The number of aryl methyl sites for hydroxylation is 1. The molecule has 168 valence electrons. The Morgan fingerprint density at radius 1 is 1.13 bits per heavy atom. The Balaban J connectivity index is 0.00000320. The first-order valence-corrected chi connectivity index (χ1v) is 10.8. The van der Waals surface area contributed by atoms with Crippen molar-refractivity contribution < 1.29 is 8.78 Å². The van der Waals surface area contributed by atoms with E-state index < -0.39 is 6.43 Å². The molecule has 2 aromatic heterocycles. The molecule has 7 nitrogen and oxygen atoms in total. The monoisotopic (exact) mass is 461 g/mol. The van der Waals surface area contributed by atoms with Crippen LogP contribution in [0.5, 0.6) is 0 Å². The lowest BCUT2D eigenvalue weighted by Gasteiger charge is -2.36. The summed E-state index contributed by atoms with van der Waals surface area (Å²) in [7, 11) is 1.94. The highest BCUT2D eigenvalue weighted by molar-refractivity contribution is 7.99. The molecule has 1 saturated heterocycles. The smallest absolute Gasteiger partial charge is 0.280 e. The average molecular weight is 462 g/mol. The van der Waals surface area contributed by atoms with Crippen molar-refractivity contribution in [3.05, 3.63) is 23.9 Å². The summed E-state index contributed by atoms with van der Waals surface area (Å²) in [6.07, 6.45) is 0.180. The fourth-order valence-corrected chi connectivity index (χ4v) is 3.93. The molecule has 0 saturated carbocycles. The summed E-state index contributed by atoms with van der Waals surface area (Å²) in [4.78, 5) is 13.2. The second-order valence-corrected chi connectivity index (χ2v) is 9.34. The third-order valence-electron chi connectivity index (χ3n) is 4.84. The molecule has 3 heterocycles. The third kappa shape index (κ3) is 6.49. The van der Waals surface area contributed by atoms with Gasteiger partial charge in [-0.2, -0.15) is 0 Å². The summed E-state index contributed by atoms with van der Waals surface area (Å²) >= 11 is 1.71. The number of piperazine rings is 1. The van der Waals surface area contributed by atoms with Gasteiger partial charge < -0.3 is 9.47 Å².